The van der Waals surface area contributed by atoms with Crippen molar-refractivity contribution in [2.75, 3.05) is 38.7 Å². The zero-order valence-electron chi connectivity index (χ0n) is 17.3. The molecule has 2 aromatic carbocycles. The van der Waals surface area contributed by atoms with Crippen LogP contribution in [0.15, 0.2) is 53.4 Å². The van der Waals surface area contributed by atoms with Crippen molar-refractivity contribution in [3.8, 4) is 5.75 Å². The Morgan fingerprint density at radius 2 is 1.67 bits per heavy atom. The average Bonchev–Trinajstić information content (AvgIpc) is 2.75. The fourth-order valence-corrected chi connectivity index (χ4v) is 4.70. The van der Waals surface area contributed by atoms with Crippen molar-refractivity contribution in [3.05, 3.63) is 54.1 Å². The van der Waals surface area contributed by atoms with E-state index in [1.165, 1.54) is 16.4 Å². The number of sulfonamides is 1. The third-order valence-electron chi connectivity index (χ3n) is 5.17. The van der Waals surface area contributed by atoms with Gasteiger partial charge in [0.1, 0.15) is 12.4 Å². The standard InChI is InChI=1S/C22H28N2O5S/c1-17-11-13-24(14-12-17)30(26,27)21-9-5-19(6-10-21)23-22(25)18-3-7-20(8-4-18)29-16-15-28-2/h3-10,17H,11-16H2,1-2H3,(H,23,25). The monoisotopic (exact) mass is 432 g/mol. The zero-order valence-corrected chi connectivity index (χ0v) is 18.2. The third-order valence-corrected chi connectivity index (χ3v) is 7.08. The van der Waals surface area contributed by atoms with E-state index in [9.17, 15) is 13.2 Å². The molecule has 1 saturated heterocycles. The van der Waals surface area contributed by atoms with Crippen molar-refractivity contribution >= 4 is 21.6 Å². The van der Waals surface area contributed by atoms with E-state index < -0.39 is 10.0 Å². The number of carbonyl (C=O) groups excluding carboxylic acids is 1. The van der Waals surface area contributed by atoms with E-state index in [0.717, 1.165) is 12.8 Å². The number of nitrogens with one attached hydrogen (secondary N) is 1. The van der Waals surface area contributed by atoms with Crippen LogP contribution in [0, 0.1) is 5.92 Å². The molecule has 3 rings (SSSR count). The van der Waals surface area contributed by atoms with Crippen LogP contribution < -0.4 is 10.1 Å². The minimum Gasteiger partial charge on any atom is -0.491 e. The van der Waals surface area contributed by atoms with Gasteiger partial charge in [0.15, 0.2) is 0 Å². The van der Waals surface area contributed by atoms with Gasteiger partial charge in [-0.1, -0.05) is 6.92 Å². The maximum absolute atomic E-state index is 12.8. The molecule has 0 aromatic heterocycles. The molecular weight excluding hydrogens is 404 g/mol. The van der Waals surface area contributed by atoms with Crippen LogP contribution in [-0.2, 0) is 14.8 Å². The molecule has 0 aliphatic carbocycles. The molecule has 2 aromatic rings. The lowest BCUT2D eigenvalue weighted by Gasteiger charge is -2.29. The average molecular weight is 433 g/mol. The molecule has 7 nitrogen and oxygen atoms in total. The summed E-state index contributed by atoms with van der Waals surface area (Å²) in [6, 6.07) is 13.1. The van der Waals surface area contributed by atoms with E-state index in [1.54, 1.807) is 43.5 Å². The Kier molecular flexibility index (Phi) is 7.47. The summed E-state index contributed by atoms with van der Waals surface area (Å²) in [7, 11) is -1.90. The second-order valence-corrected chi connectivity index (χ2v) is 9.37. The minimum atomic E-state index is -3.50. The van der Waals surface area contributed by atoms with Crippen molar-refractivity contribution in [1.29, 1.82) is 0 Å². The summed E-state index contributed by atoms with van der Waals surface area (Å²) in [5, 5.41) is 2.79. The number of carbonyl (C=O) groups is 1. The number of benzene rings is 2. The van der Waals surface area contributed by atoms with Crippen LogP contribution in [0.2, 0.25) is 0 Å². The highest BCUT2D eigenvalue weighted by Gasteiger charge is 2.27. The van der Waals surface area contributed by atoms with Crippen LogP contribution >= 0.6 is 0 Å². The highest BCUT2D eigenvalue weighted by Crippen LogP contribution is 2.24. The van der Waals surface area contributed by atoms with E-state index in [4.69, 9.17) is 9.47 Å². The van der Waals surface area contributed by atoms with Gasteiger partial charge in [0, 0.05) is 31.5 Å². The largest absolute Gasteiger partial charge is 0.491 e. The molecule has 1 N–H and O–H groups in total. The molecule has 0 atom stereocenters. The van der Waals surface area contributed by atoms with E-state index in [0.29, 0.717) is 49.2 Å². The first-order valence-corrected chi connectivity index (χ1v) is 11.5. The lowest BCUT2D eigenvalue weighted by Crippen LogP contribution is -2.37. The van der Waals surface area contributed by atoms with Gasteiger partial charge in [-0.2, -0.15) is 4.31 Å². The van der Waals surface area contributed by atoms with Gasteiger partial charge in [-0.3, -0.25) is 4.79 Å². The first-order valence-electron chi connectivity index (χ1n) is 10.0. The Morgan fingerprint density at radius 3 is 2.27 bits per heavy atom. The molecule has 0 bridgehead atoms. The van der Waals surface area contributed by atoms with Crippen LogP contribution in [0.5, 0.6) is 5.75 Å². The number of nitrogens with zero attached hydrogens (tertiary/aromatic N) is 1. The number of rotatable bonds is 8. The Labute approximate surface area is 178 Å². The first kappa shape index (κ1) is 22.3. The SMILES string of the molecule is COCCOc1ccc(C(=O)Nc2ccc(S(=O)(=O)N3CCC(C)CC3)cc2)cc1. The molecule has 0 unspecified atom stereocenters. The fourth-order valence-electron chi connectivity index (χ4n) is 3.23. The van der Waals surface area contributed by atoms with Crippen molar-refractivity contribution in [3.63, 3.8) is 0 Å². The van der Waals surface area contributed by atoms with Gasteiger partial charge in [0.05, 0.1) is 11.5 Å². The summed E-state index contributed by atoms with van der Waals surface area (Å²) in [6.07, 6.45) is 1.76. The molecule has 1 aliphatic heterocycles. The summed E-state index contributed by atoms with van der Waals surface area (Å²) < 4.78 is 37.5. The maximum Gasteiger partial charge on any atom is 0.255 e. The van der Waals surface area contributed by atoms with Crippen LogP contribution in [0.4, 0.5) is 5.69 Å². The summed E-state index contributed by atoms with van der Waals surface area (Å²) in [4.78, 5) is 12.7. The summed E-state index contributed by atoms with van der Waals surface area (Å²) in [5.41, 5.74) is 1.01. The van der Waals surface area contributed by atoms with Crippen molar-refractivity contribution in [2.45, 2.75) is 24.7 Å². The highest BCUT2D eigenvalue weighted by molar-refractivity contribution is 7.89. The number of hydrogen-bond donors (Lipinski definition) is 1. The smallest absolute Gasteiger partial charge is 0.255 e. The number of anilines is 1. The summed E-state index contributed by atoms with van der Waals surface area (Å²) >= 11 is 0. The molecule has 0 spiro atoms. The van der Waals surface area contributed by atoms with Crippen LogP contribution in [0.25, 0.3) is 0 Å². The second-order valence-electron chi connectivity index (χ2n) is 7.43. The molecule has 0 saturated carbocycles. The molecule has 0 radical (unpaired) electrons. The Hall–Kier alpha value is -2.42. The first-order chi connectivity index (χ1) is 14.4. The van der Waals surface area contributed by atoms with Gasteiger partial charge in [-0.15, -0.1) is 0 Å². The van der Waals surface area contributed by atoms with Crippen LogP contribution in [0.3, 0.4) is 0 Å². The van der Waals surface area contributed by atoms with Gasteiger partial charge >= 0.3 is 0 Å². The molecule has 1 amide bonds. The lowest BCUT2D eigenvalue weighted by atomic mass is 10.0. The Balaban J connectivity index is 1.60. The van der Waals surface area contributed by atoms with E-state index in [1.807, 2.05) is 0 Å². The van der Waals surface area contributed by atoms with Crippen molar-refractivity contribution < 1.29 is 22.7 Å². The zero-order chi connectivity index (χ0) is 21.6. The van der Waals surface area contributed by atoms with Gasteiger partial charge in [-0.25, -0.2) is 8.42 Å². The lowest BCUT2D eigenvalue weighted by molar-refractivity contribution is 0.102. The summed E-state index contributed by atoms with van der Waals surface area (Å²) in [5.74, 6) is 0.935. The molecule has 1 aliphatic rings. The van der Waals surface area contributed by atoms with E-state index >= 15 is 0 Å². The predicted octanol–water partition coefficient (Wildman–Crippen LogP) is 3.38. The number of ether oxygens (including phenoxy) is 2. The third kappa shape index (κ3) is 5.59. The molecule has 1 fully saturated rings. The van der Waals surface area contributed by atoms with Crippen LogP contribution in [-0.4, -0.2) is 52.0 Å². The molecule has 162 valence electrons. The number of methoxy groups -OCH3 is 1. The molecule has 8 heteroatoms. The minimum absolute atomic E-state index is 0.243. The number of amides is 1. The van der Waals surface area contributed by atoms with Crippen molar-refractivity contribution in [2.24, 2.45) is 5.92 Å². The Morgan fingerprint density at radius 1 is 1.03 bits per heavy atom. The fraction of sp³-hybridized carbons (Fsp3) is 0.409. The maximum atomic E-state index is 12.8. The molecule has 30 heavy (non-hydrogen) atoms. The molecular formula is C22H28N2O5S. The van der Waals surface area contributed by atoms with Crippen LogP contribution in [0.1, 0.15) is 30.1 Å². The van der Waals surface area contributed by atoms with E-state index in [2.05, 4.69) is 12.2 Å². The van der Waals surface area contributed by atoms with Gasteiger partial charge < -0.3 is 14.8 Å². The predicted molar refractivity (Wildman–Crippen MR) is 115 cm³/mol. The Bertz CT molecular complexity index is 934. The van der Waals surface area contributed by atoms with Gasteiger partial charge in [0.2, 0.25) is 10.0 Å². The topological polar surface area (TPSA) is 84.9 Å². The van der Waals surface area contributed by atoms with Gasteiger partial charge in [0.25, 0.3) is 5.91 Å². The number of hydrogen-bond acceptors (Lipinski definition) is 5. The van der Waals surface area contributed by atoms with Crippen molar-refractivity contribution in [1.82, 2.24) is 4.31 Å². The van der Waals surface area contributed by atoms with E-state index in [-0.39, 0.29) is 10.8 Å². The second kappa shape index (κ2) is 10.1. The van der Waals surface area contributed by atoms with Gasteiger partial charge in [-0.05, 0) is 67.3 Å². The highest BCUT2D eigenvalue weighted by atomic mass is 32.2. The quantitative estimate of drug-likeness (QED) is 0.647. The number of piperidine rings is 1. The normalized spacial score (nSPS) is 15.7. The molecule has 1 heterocycles. The summed E-state index contributed by atoms with van der Waals surface area (Å²) in [6.45, 7) is 4.17.